The maximum absolute atomic E-state index is 4.29. The molecular formula is C12H20N6. The summed E-state index contributed by atoms with van der Waals surface area (Å²) in [4.78, 5) is 8.54. The molecule has 0 unspecified atom stereocenters. The Kier molecular flexibility index (Phi) is 4.46. The first-order chi connectivity index (χ1) is 8.81. The van der Waals surface area contributed by atoms with Crippen LogP contribution in [-0.4, -0.2) is 30.9 Å². The molecule has 0 saturated heterocycles. The van der Waals surface area contributed by atoms with Crippen molar-refractivity contribution in [3.63, 3.8) is 0 Å². The standard InChI is InChI=1S/C12H20N6/c1-3-7-18-12(15-10-16-18)9-13-5-4-11-14-6-8-17(11)2/h6,8,10,13H,3-5,7,9H2,1-2H3. The predicted octanol–water partition coefficient (Wildman–Crippen LogP) is 0.754. The molecule has 0 fully saturated rings. The maximum atomic E-state index is 4.29. The molecule has 0 aliphatic carbocycles. The largest absolute Gasteiger partial charge is 0.338 e. The molecular weight excluding hydrogens is 228 g/mol. The highest BCUT2D eigenvalue weighted by Crippen LogP contribution is 1.97. The van der Waals surface area contributed by atoms with Gasteiger partial charge >= 0.3 is 0 Å². The van der Waals surface area contributed by atoms with E-state index in [2.05, 4.69) is 27.3 Å². The molecule has 1 N–H and O–H groups in total. The summed E-state index contributed by atoms with van der Waals surface area (Å²) in [5, 5.41) is 7.57. The van der Waals surface area contributed by atoms with E-state index < -0.39 is 0 Å². The first-order valence-corrected chi connectivity index (χ1v) is 6.35. The molecule has 0 bridgehead atoms. The molecule has 98 valence electrons. The molecule has 2 rings (SSSR count). The number of nitrogens with one attached hydrogen (secondary N) is 1. The van der Waals surface area contributed by atoms with Crippen LogP contribution in [0.1, 0.15) is 25.0 Å². The minimum Gasteiger partial charge on any atom is -0.338 e. The second-order valence-corrected chi connectivity index (χ2v) is 4.28. The van der Waals surface area contributed by atoms with E-state index in [-0.39, 0.29) is 0 Å². The third-order valence-corrected chi connectivity index (χ3v) is 2.86. The zero-order valence-corrected chi connectivity index (χ0v) is 11.0. The summed E-state index contributed by atoms with van der Waals surface area (Å²) in [5.41, 5.74) is 0. The van der Waals surface area contributed by atoms with Crippen molar-refractivity contribution in [1.29, 1.82) is 0 Å². The average Bonchev–Trinajstić information content (AvgIpc) is 2.95. The SMILES string of the molecule is CCCn1ncnc1CNCCc1nccn1C. The van der Waals surface area contributed by atoms with Crippen LogP contribution in [-0.2, 0) is 26.6 Å². The van der Waals surface area contributed by atoms with Gasteiger partial charge in [0.2, 0.25) is 0 Å². The van der Waals surface area contributed by atoms with Gasteiger partial charge in [-0.3, -0.25) is 0 Å². The van der Waals surface area contributed by atoms with Crippen molar-refractivity contribution in [3.05, 3.63) is 30.4 Å². The van der Waals surface area contributed by atoms with Gasteiger partial charge < -0.3 is 9.88 Å². The van der Waals surface area contributed by atoms with Crippen LogP contribution in [0.3, 0.4) is 0 Å². The normalized spacial score (nSPS) is 11.0. The summed E-state index contributed by atoms with van der Waals surface area (Å²) < 4.78 is 4.00. The smallest absolute Gasteiger partial charge is 0.140 e. The number of aryl methyl sites for hydroxylation is 2. The first kappa shape index (κ1) is 12.8. The van der Waals surface area contributed by atoms with Crippen molar-refractivity contribution >= 4 is 0 Å². The molecule has 2 aromatic rings. The monoisotopic (exact) mass is 248 g/mol. The molecule has 6 heteroatoms. The van der Waals surface area contributed by atoms with Gasteiger partial charge in [0.05, 0.1) is 6.54 Å². The summed E-state index contributed by atoms with van der Waals surface area (Å²) in [6.45, 7) is 4.71. The molecule has 0 saturated carbocycles. The van der Waals surface area contributed by atoms with Crippen molar-refractivity contribution in [1.82, 2.24) is 29.6 Å². The lowest BCUT2D eigenvalue weighted by Crippen LogP contribution is -2.21. The summed E-state index contributed by atoms with van der Waals surface area (Å²) in [6, 6.07) is 0. The molecule has 2 aromatic heterocycles. The molecule has 0 radical (unpaired) electrons. The van der Waals surface area contributed by atoms with Crippen LogP contribution in [0.25, 0.3) is 0 Å². The van der Waals surface area contributed by atoms with E-state index >= 15 is 0 Å². The molecule has 0 aliphatic heterocycles. The van der Waals surface area contributed by atoms with E-state index in [1.54, 1.807) is 6.33 Å². The highest BCUT2D eigenvalue weighted by atomic mass is 15.3. The fourth-order valence-electron chi connectivity index (χ4n) is 1.86. The highest BCUT2D eigenvalue weighted by molar-refractivity contribution is 4.92. The average molecular weight is 248 g/mol. The minimum absolute atomic E-state index is 0.754. The van der Waals surface area contributed by atoms with Crippen LogP contribution in [0.2, 0.25) is 0 Å². The molecule has 6 nitrogen and oxygen atoms in total. The quantitative estimate of drug-likeness (QED) is 0.735. The lowest BCUT2D eigenvalue weighted by molar-refractivity contribution is 0.540. The van der Waals surface area contributed by atoms with Gasteiger partial charge in [-0.2, -0.15) is 5.10 Å². The molecule has 0 atom stereocenters. The van der Waals surface area contributed by atoms with Crippen LogP contribution in [0.15, 0.2) is 18.7 Å². The van der Waals surface area contributed by atoms with Gasteiger partial charge in [0.1, 0.15) is 18.0 Å². The third kappa shape index (κ3) is 3.16. The Morgan fingerprint density at radius 1 is 1.28 bits per heavy atom. The summed E-state index contributed by atoms with van der Waals surface area (Å²) >= 11 is 0. The molecule has 0 spiro atoms. The Morgan fingerprint density at radius 3 is 2.89 bits per heavy atom. The Hall–Kier alpha value is -1.69. The van der Waals surface area contributed by atoms with Crippen molar-refractivity contribution in [3.8, 4) is 0 Å². The van der Waals surface area contributed by atoms with Crippen molar-refractivity contribution in [2.75, 3.05) is 6.54 Å². The fourth-order valence-corrected chi connectivity index (χ4v) is 1.86. The Balaban J connectivity index is 1.75. The lowest BCUT2D eigenvalue weighted by Gasteiger charge is -2.06. The van der Waals surface area contributed by atoms with Crippen molar-refractivity contribution in [2.45, 2.75) is 32.9 Å². The van der Waals surface area contributed by atoms with Crippen LogP contribution in [0.5, 0.6) is 0 Å². The van der Waals surface area contributed by atoms with E-state index in [1.807, 2.05) is 28.7 Å². The number of hydrogen-bond donors (Lipinski definition) is 1. The first-order valence-electron chi connectivity index (χ1n) is 6.35. The Bertz CT molecular complexity index is 472. The Morgan fingerprint density at radius 2 is 2.17 bits per heavy atom. The van der Waals surface area contributed by atoms with E-state index in [9.17, 15) is 0 Å². The van der Waals surface area contributed by atoms with Gasteiger partial charge in [0.25, 0.3) is 0 Å². The van der Waals surface area contributed by atoms with E-state index in [0.717, 1.165) is 44.1 Å². The van der Waals surface area contributed by atoms with Crippen LogP contribution in [0, 0.1) is 0 Å². The van der Waals surface area contributed by atoms with Gasteiger partial charge in [-0.05, 0) is 6.42 Å². The van der Waals surface area contributed by atoms with E-state index in [0.29, 0.717) is 0 Å². The topological polar surface area (TPSA) is 60.6 Å². The number of hydrogen-bond acceptors (Lipinski definition) is 4. The van der Waals surface area contributed by atoms with Gasteiger partial charge in [-0.1, -0.05) is 6.92 Å². The van der Waals surface area contributed by atoms with Gasteiger partial charge in [0, 0.05) is 39.0 Å². The second kappa shape index (κ2) is 6.30. The summed E-state index contributed by atoms with van der Waals surface area (Å²) in [6.07, 6.45) is 7.40. The highest BCUT2D eigenvalue weighted by Gasteiger charge is 2.03. The van der Waals surface area contributed by atoms with E-state index in [1.165, 1.54) is 0 Å². The maximum Gasteiger partial charge on any atom is 0.140 e. The van der Waals surface area contributed by atoms with E-state index in [4.69, 9.17) is 0 Å². The molecule has 0 amide bonds. The molecule has 2 heterocycles. The number of nitrogens with zero attached hydrogens (tertiary/aromatic N) is 5. The zero-order chi connectivity index (χ0) is 12.8. The fraction of sp³-hybridized carbons (Fsp3) is 0.583. The summed E-state index contributed by atoms with van der Waals surface area (Å²) in [5.74, 6) is 2.09. The predicted molar refractivity (Wildman–Crippen MR) is 68.9 cm³/mol. The number of rotatable bonds is 7. The summed E-state index contributed by atoms with van der Waals surface area (Å²) in [7, 11) is 2.01. The van der Waals surface area contributed by atoms with Gasteiger partial charge in [-0.15, -0.1) is 0 Å². The number of aromatic nitrogens is 5. The second-order valence-electron chi connectivity index (χ2n) is 4.28. The van der Waals surface area contributed by atoms with Crippen molar-refractivity contribution < 1.29 is 0 Å². The molecule has 0 aromatic carbocycles. The minimum atomic E-state index is 0.754. The Labute approximate surface area is 107 Å². The van der Waals surface area contributed by atoms with Crippen LogP contribution < -0.4 is 5.32 Å². The lowest BCUT2D eigenvalue weighted by atomic mass is 10.4. The van der Waals surface area contributed by atoms with Gasteiger partial charge in [-0.25, -0.2) is 14.6 Å². The van der Waals surface area contributed by atoms with Gasteiger partial charge in [0.15, 0.2) is 0 Å². The molecule has 0 aliphatic rings. The van der Waals surface area contributed by atoms with Crippen LogP contribution >= 0.6 is 0 Å². The zero-order valence-electron chi connectivity index (χ0n) is 11.0. The molecule has 18 heavy (non-hydrogen) atoms. The van der Waals surface area contributed by atoms with Crippen LogP contribution in [0.4, 0.5) is 0 Å². The number of imidazole rings is 1. The third-order valence-electron chi connectivity index (χ3n) is 2.86. The van der Waals surface area contributed by atoms with Crippen molar-refractivity contribution in [2.24, 2.45) is 7.05 Å².